The van der Waals surface area contributed by atoms with E-state index in [0.717, 1.165) is 5.56 Å². The summed E-state index contributed by atoms with van der Waals surface area (Å²) < 4.78 is 0. The molecule has 15 heavy (non-hydrogen) atoms. The first kappa shape index (κ1) is 10.7. The molecule has 0 heterocycles. The van der Waals surface area contributed by atoms with E-state index in [1.165, 1.54) is 24.8 Å². The van der Waals surface area contributed by atoms with E-state index >= 15 is 0 Å². The van der Waals surface area contributed by atoms with Crippen molar-refractivity contribution < 1.29 is 5.11 Å². The van der Waals surface area contributed by atoms with Crippen LogP contribution in [0.25, 0.3) is 0 Å². The van der Waals surface area contributed by atoms with Crippen LogP contribution in [-0.2, 0) is 0 Å². The molecule has 0 radical (unpaired) electrons. The number of aliphatic hydroxyl groups is 1. The Balaban J connectivity index is 2.09. The Kier molecular flexibility index (Phi) is 3.11. The molecule has 2 unspecified atom stereocenters. The van der Waals surface area contributed by atoms with Gasteiger partial charge in [0.25, 0.3) is 0 Å². The third kappa shape index (κ3) is 2.40. The summed E-state index contributed by atoms with van der Waals surface area (Å²) in [4.78, 5) is 0. The quantitative estimate of drug-likeness (QED) is 0.793. The van der Waals surface area contributed by atoms with Crippen molar-refractivity contribution in [1.29, 1.82) is 0 Å². The predicted molar refractivity (Wildman–Crippen MR) is 62.8 cm³/mol. The van der Waals surface area contributed by atoms with Crippen LogP contribution >= 0.6 is 0 Å². The molecule has 0 aliphatic heterocycles. The molecule has 1 aromatic carbocycles. The van der Waals surface area contributed by atoms with Crippen LogP contribution in [0.4, 0.5) is 0 Å². The first-order valence-corrected chi connectivity index (χ1v) is 6.00. The van der Waals surface area contributed by atoms with Crippen molar-refractivity contribution >= 4 is 0 Å². The van der Waals surface area contributed by atoms with Crippen molar-refractivity contribution in [2.45, 2.75) is 45.1 Å². The highest BCUT2D eigenvalue weighted by molar-refractivity contribution is 5.27. The SMILES string of the molecule is CCC(C)c1ccc(C(O)C2CC2)cc1. The maximum absolute atomic E-state index is 9.95. The molecule has 1 heteroatoms. The summed E-state index contributed by atoms with van der Waals surface area (Å²) >= 11 is 0. The highest BCUT2D eigenvalue weighted by Crippen LogP contribution is 2.40. The predicted octanol–water partition coefficient (Wildman–Crippen LogP) is 3.64. The average Bonchev–Trinajstić information content (AvgIpc) is 3.11. The smallest absolute Gasteiger partial charge is 0.0818 e. The van der Waals surface area contributed by atoms with Crippen molar-refractivity contribution in [2.75, 3.05) is 0 Å². The minimum atomic E-state index is -0.226. The molecule has 1 nitrogen and oxygen atoms in total. The van der Waals surface area contributed by atoms with Gasteiger partial charge in [0.2, 0.25) is 0 Å². The average molecular weight is 204 g/mol. The molecule has 0 amide bonds. The van der Waals surface area contributed by atoms with Gasteiger partial charge in [-0.1, -0.05) is 38.1 Å². The largest absolute Gasteiger partial charge is 0.388 e. The van der Waals surface area contributed by atoms with E-state index in [2.05, 4.69) is 38.1 Å². The van der Waals surface area contributed by atoms with Gasteiger partial charge in [-0.15, -0.1) is 0 Å². The van der Waals surface area contributed by atoms with Gasteiger partial charge < -0.3 is 5.11 Å². The zero-order valence-electron chi connectivity index (χ0n) is 9.61. The standard InChI is InChI=1S/C14H20O/c1-3-10(2)11-4-6-12(7-5-11)14(15)13-8-9-13/h4-7,10,13-15H,3,8-9H2,1-2H3. The van der Waals surface area contributed by atoms with Crippen molar-refractivity contribution in [3.63, 3.8) is 0 Å². The molecular formula is C14H20O. The van der Waals surface area contributed by atoms with Crippen LogP contribution in [0.15, 0.2) is 24.3 Å². The van der Waals surface area contributed by atoms with Crippen LogP contribution in [0.3, 0.4) is 0 Å². The lowest BCUT2D eigenvalue weighted by molar-refractivity contribution is 0.154. The maximum atomic E-state index is 9.95. The first-order valence-electron chi connectivity index (χ1n) is 6.00. The normalized spacial score (nSPS) is 19.9. The van der Waals surface area contributed by atoms with E-state index in [4.69, 9.17) is 0 Å². The zero-order chi connectivity index (χ0) is 10.8. The van der Waals surface area contributed by atoms with Gasteiger partial charge in [-0.2, -0.15) is 0 Å². The van der Waals surface area contributed by atoms with Gasteiger partial charge in [0.15, 0.2) is 0 Å². The molecule has 1 N–H and O–H groups in total. The summed E-state index contributed by atoms with van der Waals surface area (Å²) in [7, 11) is 0. The number of aliphatic hydroxyl groups excluding tert-OH is 1. The molecule has 1 aromatic rings. The van der Waals surface area contributed by atoms with Gasteiger partial charge >= 0.3 is 0 Å². The van der Waals surface area contributed by atoms with Crippen LogP contribution in [-0.4, -0.2) is 5.11 Å². The number of hydrogen-bond acceptors (Lipinski definition) is 1. The second kappa shape index (κ2) is 4.36. The second-order valence-electron chi connectivity index (χ2n) is 4.76. The minimum Gasteiger partial charge on any atom is -0.388 e. The van der Waals surface area contributed by atoms with Crippen molar-refractivity contribution in [2.24, 2.45) is 5.92 Å². The summed E-state index contributed by atoms with van der Waals surface area (Å²) in [5.41, 5.74) is 2.47. The Hall–Kier alpha value is -0.820. The van der Waals surface area contributed by atoms with Crippen LogP contribution in [0, 0.1) is 5.92 Å². The zero-order valence-corrected chi connectivity index (χ0v) is 9.61. The maximum Gasteiger partial charge on any atom is 0.0818 e. The molecule has 0 spiro atoms. The molecule has 1 fully saturated rings. The lowest BCUT2D eigenvalue weighted by atomic mass is 9.96. The topological polar surface area (TPSA) is 20.2 Å². The molecule has 0 aromatic heterocycles. The molecule has 0 saturated heterocycles. The summed E-state index contributed by atoms with van der Waals surface area (Å²) in [6.45, 7) is 4.45. The lowest BCUT2D eigenvalue weighted by Gasteiger charge is -2.12. The lowest BCUT2D eigenvalue weighted by Crippen LogP contribution is -2.00. The van der Waals surface area contributed by atoms with Gasteiger partial charge in [-0.25, -0.2) is 0 Å². The Morgan fingerprint density at radius 3 is 2.20 bits per heavy atom. The van der Waals surface area contributed by atoms with Crippen molar-refractivity contribution in [3.8, 4) is 0 Å². The van der Waals surface area contributed by atoms with Gasteiger partial charge in [-0.05, 0) is 42.2 Å². The number of benzene rings is 1. The molecule has 1 aliphatic carbocycles. The van der Waals surface area contributed by atoms with E-state index in [9.17, 15) is 5.11 Å². The highest BCUT2D eigenvalue weighted by atomic mass is 16.3. The highest BCUT2D eigenvalue weighted by Gasteiger charge is 2.30. The molecule has 1 aliphatic rings. The Morgan fingerprint density at radius 2 is 1.73 bits per heavy atom. The fourth-order valence-electron chi connectivity index (χ4n) is 1.94. The Labute approximate surface area is 92.1 Å². The summed E-state index contributed by atoms with van der Waals surface area (Å²) in [6, 6.07) is 8.50. The second-order valence-corrected chi connectivity index (χ2v) is 4.76. The summed E-state index contributed by atoms with van der Waals surface area (Å²) in [5, 5.41) is 9.95. The van der Waals surface area contributed by atoms with Crippen LogP contribution in [0.2, 0.25) is 0 Å². The van der Waals surface area contributed by atoms with Gasteiger partial charge in [0.05, 0.1) is 6.10 Å². The van der Waals surface area contributed by atoms with E-state index in [-0.39, 0.29) is 6.10 Å². The van der Waals surface area contributed by atoms with Gasteiger partial charge in [0.1, 0.15) is 0 Å². The number of rotatable bonds is 4. The van der Waals surface area contributed by atoms with E-state index in [0.29, 0.717) is 11.8 Å². The molecule has 82 valence electrons. The van der Waals surface area contributed by atoms with Crippen molar-refractivity contribution in [1.82, 2.24) is 0 Å². The molecule has 0 bridgehead atoms. The Bertz CT molecular complexity index is 311. The number of hydrogen-bond donors (Lipinski definition) is 1. The monoisotopic (exact) mass is 204 g/mol. The first-order chi connectivity index (χ1) is 7.22. The molecule has 2 rings (SSSR count). The van der Waals surface area contributed by atoms with Crippen molar-refractivity contribution in [3.05, 3.63) is 35.4 Å². The fraction of sp³-hybridized carbons (Fsp3) is 0.571. The van der Waals surface area contributed by atoms with Crippen LogP contribution in [0.1, 0.15) is 56.3 Å². The van der Waals surface area contributed by atoms with Gasteiger partial charge in [-0.3, -0.25) is 0 Å². The van der Waals surface area contributed by atoms with Crippen LogP contribution < -0.4 is 0 Å². The van der Waals surface area contributed by atoms with Gasteiger partial charge in [0, 0.05) is 0 Å². The molecule has 1 saturated carbocycles. The fourth-order valence-corrected chi connectivity index (χ4v) is 1.94. The van der Waals surface area contributed by atoms with Crippen LogP contribution in [0.5, 0.6) is 0 Å². The molecule has 2 atom stereocenters. The van der Waals surface area contributed by atoms with E-state index in [1.54, 1.807) is 0 Å². The third-order valence-corrected chi connectivity index (χ3v) is 3.53. The summed E-state index contributed by atoms with van der Waals surface area (Å²) in [5.74, 6) is 1.15. The molecular weight excluding hydrogens is 184 g/mol. The van der Waals surface area contributed by atoms with E-state index < -0.39 is 0 Å². The summed E-state index contributed by atoms with van der Waals surface area (Å²) in [6.07, 6.45) is 3.32. The van der Waals surface area contributed by atoms with E-state index in [1.807, 2.05) is 0 Å². The third-order valence-electron chi connectivity index (χ3n) is 3.53. The Morgan fingerprint density at radius 1 is 1.20 bits per heavy atom. The minimum absolute atomic E-state index is 0.226.